The molecule has 5 rings (SSSR count). The zero-order valence-electron chi connectivity index (χ0n) is 21.2. The van der Waals surface area contributed by atoms with E-state index in [4.69, 9.17) is 28.3 Å². The molecule has 1 fully saturated rings. The molecule has 1 aromatic carbocycles. The van der Waals surface area contributed by atoms with E-state index < -0.39 is 42.0 Å². The summed E-state index contributed by atoms with van der Waals surface area (Å²) < 4.78 is 45.4. The van der Waals surface area contributed by atoms with Crippen molar-refractivity contribution in [1.29, 1.82) is 0 Å². The number of benzene rings is 1. The number of carboxylic acid groups (broad SMARTS) is 1. The van der Waals surface area contributed by atoms with Crippen molar-refractivity contribution < 1.29 is 27.9 Å². The third-order valence-corrected chi connectivity index (χ3v) is 6.96. The van der Waals surface area contributed by atoms with Crippen LogP contribution < -0.4 is 16.3 Å². The average molecular weight is 626 g/mol. The van der Waals surface area contributed by atoms with E-state index in [1.807, 2.05) is 10.6 Å². The van der Waals surface area contributed by atoms with Crippen LogP contribution in [0.15, 0.2) is 53.7 Å². The molecule has 0 aliphatic heterocycles. The van der Waals surface area contributed by atoms with Crippen molar-refractivity contribution in [3.05, 3.63) is 75.3 Å². The van der Waals surface area contributed by atoms with Gasteiger partial charge in [-0.15, -0.1) is 10.2 Å². The Morgan fingerprint density at radius 3 is 2.43 bits per heavy atom. The molecule has 1 unspecified atom stereocenters. The second kappa shape index (κ2) is 11.1. The van der Waals surface area contributed by atoms with Gasteiger partial charge in [0.2, 0.25) is 5.91 Å². The fourth-order valence-electron chi connectivity index (χ4n) is 4.12. The molecule has 0 spiro atoms. The van der Waals surface area contributed by atoms with Crippen LogP contribution in [0.5, 0.6) is 0 Å². The van der Waals surface area contributed by atoms with Gasteiger partial charge in [-0.25, -0.2) is 28.9 Å². The summed E-state index contributed by atoms with van der Waals surface area (Å²) in [6.45, 7) is -1.38. The number of nitrogens with zero attached hydrogens (tertiary/aromatic N) is 7. The molecule has 1 atom stereocenters. The van der Waals surface area contributed by atoms with E-state index in [2.05, 4.69) is 20.2 Å². The van der Waals surface area contributed by atoms with E-state index in [1.165, 1.54) is 41.5 Å². The van der Waals surface area contributed by atoms with Crippen LogP contribution in [0.2, 0.25) is 10.0 Å². The molecule has 4 aromatic rings. The molecule has 0 bridgehead atoms. The van der Waals surface area contributed by atoms with Crippen molar-refractivity contribution in [1.82, 2.24) is 44.7 Å². The fourth-order valence-corrected chi connectivity index (χ4v) is 4.46. The van der Waals surface area contributed by atoms with Crippen LogP contribution in [0.3, 0.4) is 0 Å². The molecule has 18 heteroatoms. The van der Waals surface area contributed by atoms with E-state index in [1.54, 1.807) is 12.1 Å². The van der Waals surface area contributed by atoms with Gasteiger partial charge in [-0.05, 0) is 49.2 Å². The SMILES string of the molecule is O=C(O)NC1(C(=O)NC(Cn2c(-c3ccc(Cl)cc3)nn(Cc3ncn(-c4ncccc4Cl)n3)c2=O)C(F)(F)F)CC1. The molecule has 0 radical (unpaired) electrons. The van der Waals surface area contributed by atoms with Gasteiger partial charge in [0.1, 0.15) is 24.5 Å². The maximum absolute atomic E-state index is 14.2. The van der Waals surface area contributed by atoms with Crippen LogP contribution in [0.25, 0.3) is 17.2 Å². The normalized spacial score (nSPS) is 14.8. The van der Waals surface area contributed by atoms with Crippen molar-refractivity contribution >= 4 is 35.2 Å². The highest BCUT2D eigenvalue weighted by atomic mass is 35.5. The van der Waals surface area contributed by atoms with Crippen molar-refractivity contribution in [2.45, 2.75) is 43.7 Å². The highest BCUT2D eigenvalue weighted by molar-refractivity contribution is 6.32. The molecule has 1 saturated carbocycles. The largest absolute Gasteiger partial charge is 0.465 e. The van der Waals surface area contributed by atoms with Gasteiger partial charge >= 0.3 is 18.0 Å². The van der Waals surface area contributed by atoms with E-state index in [9.17, 15) is 27.6 Å². The minimum Gasteiger partial charge on any atom is -0.465 e. The number of rotatable bonds is 9. The molecule has 1 aliphatic rings. The molecule has 3 aromatic heterocycles. The smallest absolute Gasteiger partial charge is 0.410 e. The second-order valence-corrected chi connectivity index (χ2v) is 10.2. The zero-order valence-corrected chi connectivity index (χ0v) is 22.7. The van der Waals surface area contributed by atoms with Gasteiger partial charge < -0.3 is 15.7 Å². The number of hydrogen-bond donors (Lipinski definition) is 3. The Hall–Kier alpha value is -4.44. The highest BCUT2D eigenvalue weighted by Crippen LogP contribution is 2.36. The minimum atomic E-state index is -5.00. The Balaban J connectivity index is 1.48. The van der Waals surface area contributed by atoms with Crippen molar-refractivity contribution in [3.63, 3.8) is 0 Å². The minimum absolute atomic E-state index is 0.0347. The number of halogens is 5. The number of carbonyl (C=O) groups excluding carboxylic acids is 1. The Bertz CT molecular complexity index is 1700. The van der Waals surface area contributed by atoms with Crippen LogP contribution in [0.4, 0.5) is 18.0 Å². The van der Waals surface area contributed by atoms with E-state index >= 15 is 0 Å². The average Bonchev–Trinajstić information content (AvgIpc) is 3.44. The van der Waals surface area contributed by atoms with E-state index in [0.717, 1.165) is 9.25 Å². The first-order chi connectivity index (χ1) is 19.9. The monoisotopic (exact) mass is 625 g/mol. The van der Waals surface area contributed by atoms with Crippen LogP contribution in [-0.4, -0.2) is 69.0 Å². The lowest BCUT2D eigenvalue weighted by Gasteiger charge is -2.25. The number of aromatic nitrogens is 7. The number of carbonyl (C=O) groups is 2. The van der Waals surface area contributed by atoms with Gasteiger partial charge in [0.05, 0.1) is 11.6 Å². The second-order valence-electron chi connectivity index (χ2n) is 9.38. The number of nitrogens with one attached hydrogen (secondary N) is 2. The summed E-state index contributed by atoms with van der Waals surface area (Å²) in [7, 11) is 0. The number of amides is 2. The molecule has 3 heterocycles. The lowest BCUT2D eigenvalue weighted by Crippen LogP contribution is -2.56. The van der Waals surface area contributed by atoms with E-state index in [0.29, 0.717) is 5.02 Å². The van der Waals surface area contributed by atoms with Gasteiger partial charge in [-0.3, -0.25) is 9.36 Å². The van der Waals surface area contributed by atoms with Gasteiger partial charge in [-0.1, -0.05) is 23.2 Å². The summed E-state index contributed by atoms with van der Waals surface area (Å²) in [4.78, 5) is 45.4. The molecular weight excluding hydrogens is 606 g/mol. The highest BCUT2D eigenvalue weighted by Gasteiger charge is 2.54. The third-order valence-electron chi connectivity index (χ3n) is 6.41. The molecule has 1 aliphatic carbocycles. The van der Waals surface area contributed by atoms with E-state index in [-0.39, 0.29) is 47.4 Å². The van der Waals surface area contributed by atoms with Crippen LogP contribution in [0, 0.1) is 0 Å². The maximum atomic E-state index is 14.2. The first-order valence-corrected chi connectivity index (χ1v) is 13.0. The summed E-state index contributed by atoms with van der Waals surface area (Å²) in [5, 5.41) is 21.9. The van der Waals surface area contributed by atoms with Crippen molar-refractivity contribution in [2.75, 3.05) is 0 Å². The van der Waals surface area contributed by atoms with Crippen LogP contribution in [-0.2, 0) is 17.9 Å². The predicted octanol–water partition coefficient (Wildman–Crippen LogP) is 2.89. The molecule has 3 N–H and O–H groups in total. The topological polar surface area (TPSA) is 162 Å². The molecular formula is C24H20Cl2F3N9O4. The summed E-state index contributed by atoms with van der Waals surface area (Å²) >= 11 is 12.1. The summed E-state index contributed by atoms with van der Waals surface area (Å²) in [6.07, 6.45) is -3.68. The number of pyridine rings is 1. The van der Waals surface area contributed by atoms with Crippen LogP contribution in [0.1, 0.15) is 18.7 Å². The summed E-state index contributed by atoms with van der Waals surface area (Å²) in [5.41, 5.74) is -2.34. The zero-order chi connectivity index (χ0) is 30.2. The molecule has 220 valence electrons. The maximum Gasteiger partial charge on any atom is 0.410 e. The Morgan fingerprint density at radius 1 is 1.10 bits per heavy atom. The molecule has 13 nitrogen and oxygen atoms in total. The molecule has 42 heavy (non-hydrogen) atoms. The standard InChI is InChI=1S/C24H20Cl2F3N9O4/c25-14-5-3-13(4-6-14)18-35-37(11-17-31-12-38(34-17)19-15(26)2-1-9-30-19)22(42)36(18)10-16(24(27,28)29)32-20(39)23(7-8-23)33-21(40)41/h1-6,9,12,16,33H,7-8,10-11H2,(H,32,39)(H,40,41). The quantitative estimate of drug-likeness (QED) is 0.256. The first kappa shape index (κ1) is 29.1. The lowest BCUT2D eigenvalue weighted by molar-refractivity contribution is -0.165. The molecule has 2 amide bonds. The van der Waals surface area contributed by atoms with Gasteiger partial charge in [0.15, 0.2) is 17.5 Å². The van der Waals surface area contributed by atoms with Gasteiger partial charge in [-0.2, -0.15) is 13.2 Å². The lowest BCUT2D eigenvalue weighted by atomic mass is 10.2. The fraction of sp³-hybridized carbons (Fsp3) is 0.292. The Labute approximate surface area is 243 Å². The summed E-state index contributed by atoms with van der Waals surface area (Å²) in [6, 6.07) is 6.55. The van der Waals surface area contributed by atoms with Gasteiger partial charge in [0.25, 0.3) is 0 Å². The number of hydrogen-bond acceptors (Lipinski definition) is 7. The predicted molar refractivity (Wildman–Crippen MR) is 141 cm³/mol. The molecule has 0 saturated heterocycles. The Kier molecular flexibility index (Phi) is 7.68. The number of alkyl halides is 3. The third kappa shape index (κ3) is 6.08. The summed E-state index contributed by atoms with van der Waals surface area (Å²) in [5.74, 6) is -0.935. The van der Waals surface area contributed by atoms with Crippen molar-refractivity contribution in [3.8, 4) is 17.2 Å². The van der Waals surface area contributed by atoms with Crippen molar-refractivity contribution in [2.24, 2.45) is 0 Å². The Morgan fingerprint density at radius 2 is 1.81 bits per heavy atom. The van der Waals surface area contributed by atoms with Gasteiger partial charge in [0, 0.05) is 16.8 Å². The first-order valence-electron chi connectivity index (χ1n) is 12.2. The van der Waals surface area contributed by atoms with Crippen LogP contribution >= 0.6 is 23.2 Å².